The standard InChI is InChI=1S/C21H19NO5/c1-11-14(13-6-4-3-5-7-13)8-9-15-12(2)19(25)18(20(26)17(11)15)21(27)22-10-16(23)24/h3-9,12,26H,10H2,1-2H3,(H,22,27)(H,23,24). The zero-order valence-electron chi connectivity index (χ0n) is 14.9. The number of carboxylic acid groups (broad SMARTS) is 1. The topological polar surface area (TPSA) is 104 Å². The van der Waals surface area contributed by atoms with Gasteiger partial charge in [0.05, 0.1) is 0 Å². The van der Waals surface area contributed by atoms with E-state index < -0.39 is 41.5 Å². The number of aliphatic hydroxyl groups excluding tert-OH is 1. The molecule has 0 aliphatic heterocycles. The molecule has 1 aliphatic rings. The van der Waals surface area contributed by atoms with Crippen LogP contribution in [0.2, 0.25) is 0 Å². The van der Waals surface area contributed by atoms with Crippen molar-refractivity contribution < 1.29 is 24.6 Å². The number of hydrogen-bond acceptors (Lipinski definition) is 4. The lowest BCUT2D eigenvalue weighted by atomic mass is 9.78. The average molecular weight is 365 g/mol. The van der Waals surface area contributed by atoms with E-state index in [-0.39, 0.29) is 0 Å². The molecule has 27 heavy (non-hydrogen) atoms. The Morgan fingerprint density at radius 3 is 2.41 bits per heavy atom. The maximum atomic E-state index is 12.6. The van der Waals surface area contributed by atoms with E-state index in [1.54, 1.807) is 13.0 Å². The summed E-state index contributed by atoms with van der Waals surface area (Å²) >= 11 is 0. The first-order chi connectivity index (χ1) is 12.8. The van der Waals surface area contributed by atoms with Crippen molar-refractivity contribution in [2.24, 2.45) is 0 Å². The Balaban J connectivity index is 2.16. The minimum atomic E-state index is -1.23. The minimum absolute atomic E-state index is 0.399. The summed E-state index contributed by atoms with van der Waals surface area (Å²) in [4.78, 5) is 35.6. The van der Waals surface area contributed by atoms with E-state index in [4.69, 9.17) is 5.11 Å². The van der Waals surface area contributed by atoms with Crippen LogP contribution in [0.1, 0.15) is 29.5 Å². The molecule has 0 radical (unpaired) electrons. The maximum absolute atomic E-state index is 12.6. The van der Waals surface area contributed by atoms with E-state index in [1.165, 1.54) is 0 Å². The lowest BCUT2D eigenvalue weighted by Crippen LogP contribution is -2.36. The lowest BCUT2D eigenvalue weighted by Gasteiger charge is -2.26. The highest BCUT2D eigenvalue weighted by Crippen LogP contribution is 2.40. The molecule has 0 fully saturated rings. The highest BCUT2D eigenvalue weighted by Gasteiger charge is 2.36. The molecule has 1 aliphatic carbocycles. The molecule has 0 aromatic heterocycles. The molecule has 2 aromatic carbocycles. The maximum Gasteiger partial charge on any atom is 0.322 e. The number of amides is 1. The first-order valence-electron chi connectivity index (χ1n) is 8.49. The van der Waals surface area contributed by atoms with Crippen LogP contribution in [0.4, 0.5) is 0 Å². The van der Waals surface area contributed by atoms with Crippen LogP contribution in [0.15, 0.2) is 48.0 Å². The van der Waals surface area contributed by atoms with Crippen LogP contribution in [0.25, 0.3) is 16.9 Å². The summed E-state index contributed by atoms with van der Waals surface area (Å²) in [5.74, 6) is -3.68. The SMILES string of the molecule is Cc1c(-c2ccccc2)ccc2c1C(O)=C(C(=O)NCC(=O)O)C(=O)C2C. The number of rotatable bonds is 4. The summed E-state index contributed by atoms with van der Waals surface area (Å²) in [5.41, 5.74) is 3.27. The molecular formula is C21H19NO5. The van der Waals surface area contributed by atoms with Crippen molar-refractivity contribution in [2.75, 3.05) is 6.54 Å². The number of aliphatic carboxylic acids is 1. The number of carbonyl (C=O) groups excluding carboxylic acids is 2. The molecule has 0 spiro atoms. The van der Waals surface area contributed by atoms with Gasteiger partial charge in [-0.1, -0.05) is 49.4 Å². The number of carboxylic acids is 1. The van der Waals surface area contributed by atoms with Gasteiger partial charge < -0.3 is 15.5 Å². The highest BCUT2D eigenvalue weighted by molar-refractivity contribution is 6.27. The van der Waals surface area contributed by atoms with Crippen molar-refractivity contribution >= 4 is 23.4 Å². The Morgan fingerprint density at radius 2 is 1.78 bits per heavy atom. The van der Waals surface area contributed by atoms with E-state index in [9.17, 15) is 19.5 Å². The molecular weight excluding hydrogens is 346 g/mol. The van der Waals surface area contributed by atoms with Gasteiger partial charge in [-0.15, -0.1) is 0 Å². The van der Waals surface area contributed by atoms with Crippen LogP contribution in [0.3, 0.4) is 0 Å². The first-order valence-corrected chi connectivity index (χ1v) is 8.49. The smallest absolute Gasteiger partial charge is 0.322 e. The van der Waals surface area contributed by atoms with Gasteiger partial charge in [0.2, 0.25) is 0 Å². The van der Waals surface area contributed by atoms with E-state index in [2.05, 4.69) is 5.32 Å². The number of nitrogens with one attached hydrogen (secondary N) is 1. The number of benzene rings is 2. The van der Waals surface area contributed by atoms with E-state index in [0.29, 0.717) is 11.1 Å². The summed E-state index contributed by atoms with van der Waals surface area (Å²) in [7, 11) is 0. The fourth-order valence-electron chi connectivity index (χ4n) is 3.40. The molecule has 3 N–H and O–H groups in total. The highest BCUT2D eigenvalue weighted by atomic mass is 16.4. The Kier molecular flexibility index (Phi) is 4.81. The number of fused-ring (bicyclic) bond motifs is 1. The number of aliphatic hydroxyl groups is 1. The molecule has 1 unspecified atom stereocenters. The molecule has 138 valence electrons. The van der Waals surface area contributed by atoms with Crippen molar-refractivity contribution in [1.29, 1.82) is 0 Å². The van der Waals surface area contributed by atoms with Gasteiger partial charge in [0.25, 0.3) is 5.91 Å². The fourth-order valence-corrected chi connectivity index (χ4v) is 3.40. The second-order valence-electron chi connectivity index (χ2n) is 6.45. The summed E-state index contributed by atoms with van der Waals surface area (Å²) in [5, 5.41) is 21.6. The van der Waals surface area contributed by atoms with Crippen LogP contribution in [-0.2, 0) is 14.4 Å². The summed E-state index contributed by atoms with van der Waals surface area (Å²) in [6, 6.07) is 13.3. The summed E-state index contributed by atoms with van der Waals surface area (Å²) in [6.07, 6.45) is 0. The molecule has 2 aromatic rings. The van der Waals surface area contributed by atoms with Gasteiger partial charge in [-0.25, -0.2) is 0 Å². The van der Waals surface area contributed by atoms with E-state index in [1.807, 2.05) is 43.3 Å². The van der Waals surface area contributed by atoms with Gasteiger partial charge in [0, 0.05) is 11.5 Å². The van der Waals surface area contributed by atoms with Crippen LogP contribution in [0, 0.1) is 6.92 Å². The summed E-state index contributed by atoms with van der Waals surface area (Å²) in [6.45, 7) is 2.86. The van der Waals surface area contributed by atoms with Gasteiger partial charge in [-0.2, -0.15) is 0 Å². The zero-order chi connectivity index (χ0) is 19.7. The quantitative estimate of drug-likeness (QED) is 0.723. The third kappa shape index (κ3) is 3.21. The molecule has 6 nitrogen and oxygen atoms in total. The Hall–Kier alpha value is -3.41. The molecule has 0 saturated heterocycles. The molecule has 0 bridgehead atoms. The molecule has 0 heterocycles. The lowest BCUT2D eigenvalue weighted by molar-refractivity contribution is -0.137. The molecule has 3 rings (SSSR count). The number of ketones is 1. The van der Waals surface area contributed by atoms with E-state index in [0.717, 1.165) is 16.7 Å². The van der Waals surface area contributed by atoms with Crippen LogP contribution in [0.5, 0.6) is 0 Å². The van der Waals surface area contributed by atoms with Gasteiger partial charge in [-0.3, -0.25) is 14.4 Å². The van der Waals surface area contributed by atoms with Gasteiger partial charge in [-0.05, 0) is 29.2 Å². The average Bonchev–Trinajstić information content (AvgIpc) is 2.65. The van der Waals surface area contributed by atoms with Crippen LogP contribution < -0.4 is 5.32 Å². The Labute approximate surface area is 156 Å². The molecule has 1 atom stereocenters. The second kappa shape index (κ2) is 7.07. The van der Waals surface area contributed by atoms with E-state index >= 15 is 0 Å². The predicted octanol–water partition coefficient (Wildman–Crippen LogP) is 2.82. The Bertz CT molecular complexity index is 976. The fraction of sp³-hybridized carbons (Fsp3) is 0.190. The number of hydrogen-bond donors (Lipinski definition) is 3. The Morgan fingerprint density at radius 1 is 1.11 bits per heavy atom. The number of carbonyl (C=O) groups is 3. The summed E-state index contributed by atoms with van der Waals surface area (Å²) < 4.78 is 0. The van der Waals surface area contributed by atoms with Gasteiger partial charge in [0.15, 0.2) is 5.78 Å². The molecule has 0 saturated carbocycles. The van der Waals surface area contributed by atoms with Crippen LogP contribution >= 0.6 is 0 Å². The normalized spacial score (nSPS) is 16.1. The first kappa shape index (κ1) is 18.4. The number of Topliss-reactive ketones (excluding diaryl/α,β-unsaturated/α-hetero) is 1. The van der Waals surface area contributed by atoms with Crippen molar-refractivity contribution in [3.63, 3.8) is 0 Å². The molecule has 6 heteroatoms. The largest absolute Gasteiger partial charge is 0.506 e. The predicted molar refractivity (Wildman–Crippen MR) is 100 cm³/mol. The van der Waals surface area contributed by atoms with Gasteiger partial charge >= 0.3 is 5.97 Å². The minimum Gasteiger partial charge on any atom is -0.506 e. The van der Waals surface area contributed by atoms with Crippen molar-refractivity contribution in [3.05, 3.63) is 64.7 Å². The second-order valence-corrected chi connectivity index (χ2v) is 6.45. The third-order valence-corrected chi connectivity index (χ3v) is 4.79. The van der Waals surface area contributed by atoms with Crippen molar-refractivity contribution in [1.82, 2.24) is 5.32 Å². The van der Waals surface area contributed by atoms with Crippen molar-refractivity contribution in [2.45, 2.75) is 19.8 Å². The third-order valence-electron chi connectivity index (χ3n) is 4.79. The zero-order valence-corrected chi connectivity index (χ0v) is 14.9. The van der Waals surface area contributed by atoms with Crippen molar-refractivity contribution in [3.8, 4) is 11.1 Å². The van der Waals surface area contributed by atoms with Crippen LogP contribution in [-0.4, -0.2) is 34.4 Å². The monoisotopic (exact) mass is 365 g/mol. The molecule has 1 amide bonds. The van der Waals surface area contributed by atoms with Gasteiger partial charge in [0.1, 0.15) is 17.9 Å².